The molecule has 0 radical (unpaired) electrons. The molecule has 154 valence electrons. The van der Waals surface area contributed by atoms with Gasteiger partial charge < -0.3 is 15.4 Å². The van der Waals surface area contributed by atoms with Crippen LogP contribution in [-0.2, 0) is 4.74 Å². The number of carbonyl (C=O) groups excluding carboxylic acids is 1. The van der Waals surface area contributed by atoms with E-state index in [4.69, 9.17) is 9.88 Å². The third-order valence-electron chi connectivity index (χ3n) is 6.14. The van der Waals surface area contributed by atoms with E-state index in [1.807, 2.05) is 12.4 Å². The van der Waals surface area contributed by atoms with Crippen molar-refractivity contribution in [1.82, 2.24) is 19.6 Å². The average Bonchev–Trinajstić information content (AvgIpc) is 3.23. The molecule has 2 unspecified atom stereocenters. The van der Waals surface area contributed by atoms with Gasteiger partial charge in [0.15, 0.2) is 0 Å². The second-order valence-electron chi connectivity index (χ2n) is 8.52. The molecule has 1 aliphatic heterocycles. The maximum Gasteiger partial charge on any atom is 0.407 e. The van der Waals surface area contributed by atoms with Gasteiger partial charge in [0, 0.05) is 49.2 Å². The number of aromatic nitrogens is 2. The highest BCUT2D eigenvalue weighted by atomic mass is 32.2. The number of ether oxygens (including phenoxy) is 1. The molecule has 3 aliphatic rings. The first-order valence-electron chi connectivity index (χ1n) is 10.2. The van der Waals surface area contributed by atoms with Gasteiger partial charge >= 0.3 is 6.09 Å². The Morgan fingerprint density at radius 2 is 1.96 bits per heavy atom. The molecule has 0 bridgehead atoms. The standard InChI is InChI=1S/C19H30N6O2S/c1-19(6-7-19)24-18(26)27-16-3-2-13(10-16)14-11-21-17(22-12-14)23-15-4-8-25(28-20)9-5-15/h11-13,15-16H,2-10,20H2,1H3,(H,24,26)(H,21,22,23). The summed E-state index contributed by atoms with van der Waals surface area (Å²) in [6.07, 6.45) is 10.4. The van der Waals surface area contributed by atoms with Gasteiger partial charge in [0.05, 0.1) is 0 Å². The summed E-state index contributed by atoms with van der Waals surface area (Å²) in [6.45, 7) is 4.01. The van der Waals surface area contributed by atoms with Crippen LogP contribution in [0.2, 0.25) is 0 Å². The van der Waals surface area contributed by atoms with Crippen LogP contribution in [0.1, 0.15) is 63.4 Å². The molecule has 1 saturated heterocycles. The largest absolute Gasteiger partial charge is 0.446 e. The SMILES string of the molecule is CC1(NC(=O)OC2CCC(c3cnc(NC4CCN(SN)CC4)nc3)C2)CC1. The number of rotatable bonds is 6. The number of nitrogens with one attached hydrogen (secondary N) is 2. The Hall–Kier alpha value is -1.58. The predicted molar refractivity (Wildman–Crippen MR) is 110 cm³/mol. The lowest BCUT2D eigenvalue weighted by Crippen LogP contribution is -2.36. The van der Waals surface area contributed by atoms with E-state index in [-0.39, 0.29) is 17.7 Å². The maximum absolute atomic E-state index is 12.0. The first kappa shape index (κ1) is 19.7. The molecule has 8 nitrogen and oxygen atoms in total. The molecule has 2 aliphatic carbocycles. The molecule has 2 atom stereocenters. The molecule has 9 heteroatoms. The summed E-state index contributed by atoms with van der Waals surface area (Å²) in [6, 6.07) is 0.394. The van der Waals surface area contributed by atoms with Crippen molar-refractivity contribution < 1.29 is 9.53 Å². The van der Waals surface area contributed by atoms with Crippen molar-refractivity contribution >= 4 is 24.2 Å². The fourth-order valence-corrected chi connectivity index (χ4v) is 4.42. The quantitative estimate of drug-likeness (QED) is 0.620. The van der Waals surface area contributed by atoms with Gasteiger partial charge in [-0.05, 0) is 63.4 Å². The highest BCUT2D eigenvalue weighted by Crippen LogP contribution is 2.37. The maximum atomic E-state index is 12.0. The molecular formula is C19H30N6O2S. The van der Waals surface area contributed by atoms with Crippen molar-refractivity contribution in [3.63, 3.8) is 0 Å². The van der Waals surface area contributed by atoms with E-state index in [9.17, 15) is 4.79 Å². The van der Waals surface area contributed by atoms with Gasteiger partial charge in [-0.15, -0.1) is 0 Å². The van der Waals surface area contributed by atoms with Crippen LogP contribution < -0.4 is 15.8 Å². The Bertz CT molecular complexity index is 676. The molecule has 2 heterocycles. The van der Waals surface area contributed by atoms with Crippen LogP contribution in [0.3, 0.4) is 0 Å². The van der Waals surface area contributed by atoms with Gasteiger partial charge in [-0.3, -0.25) is 5.14 Å². The Morgan fingerprint density at radius 1 is 1.25 bits per heavy atom. The van der Waals surface area contributed by atoms with Gasteiger partial charge in [-0.2, -0.15) is 0 Å². The van der Waals surface area contributed by atoms with E-state index in [0.717, 1.165) is 63.6 Å². The Kier molecular flexibility index (Phi) is 5.93. The number of hydrogen-bond donors (Lipinski definition) is 3. The topological polar surface area (TPSA) is 105 Å². The fraction of sp³-hybridized carbons (Fsp3) is 0.737. The summed E-state index contributed by atoms with van der Waals surface area (Å²) in [5.74, 6) is 1.04. The molecule has 0 aromatic carbocycles. The second-order valence-corrected chi connectivity index (χ2v) is 9.24. The summed E-state index contributed by atoms with van der Waals surface area (Å²) in [5, 5.41) is 12.0. The number of anilines is 1. The normalized spacial score (nSPS) is 27.4. The highest BCUT2D eigenvalue weighted by Gasteiger charge is 2.40. The highest BCUT2D eigenvalue weighted by molar-refractivity contribution is 7.94. The number of hydrogen-bond acceptors (Lipinski definition) is 8. The van der Waals surface area contributed by atoms with E-state index < -0.39 is 0 Å². The fourth-order valence-electron chi connectivity index (χ4n) is 4.00. The summed E-state index contributed by atoms with van der Waals surface area (Å²) in [4.78, 5) is 21.0. The summed E-state index contributed by atoms with van der Waals surface area (Å²) < 4.78 is 7.78. The predicted octanol–water partition coefficient (Wildman–Crippen LogP) is 2.79. The number of alkyl carbamates (subject to hydrolysis) is 1. The smallest absolute Gasteiger partial charge is 0.407 e. The molecule has 1 amide bonds. The Balaban J connectivity index is 1.23. The Morgan fingerprint density at radius 3 is 2.61 bits per heavy atom. The van der Waals surface area contributed by atoms with Gasteiger partial charge in [0.2, 0.25) is 5.95 Å². The first-order valence-corrected chi connectivity index (χ1v) is 11.1. The summed E-state index contributed by atoms with van der Waals surface area (Å²) >= 11 is 1.32. The van der Waals surface area contributed by atoms with Crippen molar-refractivity contribution in [2.75, 3.05) is 18.4 Å². The van der Waals surface area contributed by atoms with Crippen LogP contribution >= 0.6 is 12.1 Å². The van der Waals surface area contributed by atoms with E-state index in [2.05, 4.69) is 31.8 Å². The molecule has 4 rings (SSSR count). The lowest BCUT2D eigenvalue weighted by Gasteiger charge is -2.30. The van der Waals surface area contributed by atoms with Gasteiger partial charge in [0.25, 0.3) is 0 Å². The molecule has 3 fully saturated rings. The number of amides is 1. The van der Waals surface area contributed by atoms with Crippen LogP contribution in [0.25, 0.3) is 0 Å². The van der Waals surface area contributed by atoms with Crippen molar-refractivity contribution in [3.8, 4) is 0 Å². The number of piperidine rings is 1. The first-order chi connectivity index (χ1) is 13.5. The molecular weight excluding hydrogens is 376 g/mol. The molecule has 2 saturated carbocycles. The Labute approximate surface area is 170 Å². The molecule has 4 N–H and O–H groups in total. The monoisotopic (exact) mass is 406 g/mol. The summed E-state index contributed by atoms with van der Waals surface area (Å²) in [7, 11) is 0. The molecule has 0 spiro atoms. The van der Waals surface area contributed by atoms with Crippen LogP contribution in [-0.4, -0.2) is 51.1 Å². The van der Waals surface area contributed by atoms with Crippen LogP contribution in [0, 0.1) is 0 Å². The molecule has 28 heavy (non-hydrogen) atoms. The lowest BCUT2D eigenvalue weighted by atomic mass is 10.0. The van der Waals surface area contributed by atoms with Crippen LogP contribution in [0.4, 0.5) is 10.7 Å². The zero-order valence-corrected chi connectivity index (χ0v) is 17.2. The lowest BCUT2D eigenvalue weighted by molar-refractivity contribution is 0.0967. The van der Waals surface area contributed by atoms with Crippen LogP contribution in [0.5, 0.6) is 0 Å². The number of nitrogens with two attached hydrogens (primary N) is 1. The minimum Gasteiger partial charge on any atom is -0.446 e. The van der Waals surface area contributed by atoms with Gasteiger partial charge in [0.1, 0.15) is 6.10 Å². The van der Waals surface area contributed by atoms with Crippen molar-refractivity contribution in [2.45, 2.75) is 75.5 Å². The van der Waals surface area contributed by atoms with E-state index in [0.29, 0.717) is 17.9 Å². The van der Waals surface area contributed by atoms with E-state index in [1.54, 1.807) is 0 Å². The van der Waals surface area contributed by atoms with E-state index in [1.165, 1.54) is 12.1 Å². The molecule has 1 aromatic rings. The van der Waals surface area contributed by atoms with Gasteiger partial charge in [-0.1, -0.05) is 0 Å². The third kappa shape index (κ3) is 5.07. The zero-order chi connectivity index (χ0) is 19.6. The molecule has 1 aromatic heterocycles. The van der Waals surface area contributed by atoms with E-state index >= 15 is 0 Å². The number of nitrogens with zero attached hydrogens (tertiary/aromatic N) is 3. The minimum atomic E-state index is -0.277. The van der Waals surface area contributed by atoms with Crippen molar-refractivity contribution in [1.29, 1.82) is 0 Å². The van der Waals surface area contributed by atoms with Crippen molar-refractivity contribution in [2.24, 2.45) is 5.14 Å². The number of carbonyl (C=O) groups is 1. The minimum absolute atomic E-state index is 0.0178. The zero-order valence-electron chi connectivity index (χ0n) is 16.4. The van der Waals surface area contributed by atoms with Gasteiger partial charge in [-0.25, -0.2) is 19.1 Å². The van der Waals surface area contributed by atoms with Crippen LogP contribution in [0.15, 0.2) is 12.4 Å². The average molecular weight is 407 g/mol. The third-order valence-corrected chi connectivity index (χ3v) is 6.80. The second kappa shape index (κ2) is 8.42. The summed E-state index contributed by atoms with van der Waals surface area (Å²) in [5.41, 5.74) is 1.09. The van der Waals surface area contributed by atoms with Crippen molar-refractivity contribution in [3.05, 3.63) is 18.0 Å².